The average Bonchev–Trinajstić information content (AvgIpc) is 3.12. The van der Waals surface area contributed by atoms with Gasteiger partial charge in [0.05, 0.1) is 33.0 Å². The highest BCUT2D eigenvalue weighted by atomic mass is 16.7. The van der Waals surface area contributed by atoms with Crippen molar-refractivity contribution in [2.24, 2.45) is 5.92 Å². The number of amides is 1. The Balaban J connectivity index is 1.25. The molecular weight excluding hydrogens is 608 g/mol. The third kappa shape index (κ3) is 7.29. The molecule has 4 aromatic carbocycles. The fourth-order valence-corrected chi connectivity index (χ4v) is 6.53. The number of rotatable bonds is 10. The van der Waals surface area contributed by atoms with E-state index in [0.717, 1.165) is 47.7 Å². The van der Waals surface area contributed by atoms with Crippen molar-refractivity contribution in [3.05, 3.63) is 124 Å². The summed E-state index contributed by atoms with van der Waals surface area (Å²) < 4.78 is 24.5. The summed E-state index contributed by atoms with van der Waals surface area (Å²) in [5.41, 5.74) is 6.55. The summed E-state index contributed by atoms with van der Waals surface area (Å²) in [7, 11) is 3.31. The fraction of sp³-hybridized carbons (Fsp3) is 0.333. The number of aliphatic hydroxyl groups is 1. The quantitative estimate of drug-likeness (QED) is 0.188. The van der Waals surface area contributed by atoms with E-state index in [0.29, 0.717) is 23.4 Å². The molecule has 2 heterocycles. The lowest BCUT2D eigenvalue weighted by atomic mass is 9.89. The first-order valence-electron chi connectivity index (χ1n) is 16.2. The van der Waals surface area contributed by atoms with Crippen LogP contribution in [0.4, 0.5) is 5.69 Å². The van der Waals surface area contributed by atoms with Crippen molar-refractivity contribution in [3.8, 4) is 11.5 Å². The molecule has 1 amide bonds. The number of benzene rings is 4. The van der Waals surface area contributed by atoms with Crippen LogP contribution < -0.4 is 14.8 Å². The predicted molar refractivity (Wildman–Crippen MR) is 182 cm³/mol. The number of methoxy groups -OCH3 is 2. The second-order valence-corrected chi connectivity index (χ2v) is 12.5. The Kier molecular flexibility index (Phi) is 10.2. The van der Waals surface area contributed by atoms with Gasteiger partial charge in [-0.25, -0.2) is 0 Å². The molecule has 2 aliphatic rings. The molecule has 6 rings (SSSR count). The number of anilines is 1. The van der Waals surface area contributed by atoms with E-state index in [1.165, 1.54) is 18.1 Å². The first-order chi connectivity index (χ1) is 23.3. The van der Waals surface area contributed by atoms with Crippen LogP contribution >= 0.6 is 0 Å². The van der Waals surface area contributed by atoms with Crippen LogP contribution in [-0.2, 0) is 29.0 Å². The number of ether oxygens (including phenoxy) is 4. The Labute approximate surface area is 281 Å². The Hall–Kier alpha value is -4.54. The number of carbonyl (C=O) groups excluding carboxylic acids is 2. The maximum atomic E-state index is 13.3. The first kappa shape index (κ1) is 33.4. The van der Waals surface area contributed by atoms with E-state index in [2.05, 4.69) is 29.3 Å². The van der Waals surface area contributed by atoms with Gasteiger partial charge in [0.15, 0.2) is 23.6 Å². The number of carbonyl (C=O) groups is 2. The standard InChI is InChI=1S/C39H42N2O7/c1-24-36(22-41-16-15-29-19-34(45-3)35(46-4)20-32(29)21-41)47-39(48-37(24)27-13-11-26(23-42)12-14-27)31-9-5-8-30(17-31)38(44)40-33-10-6-7-28(18-33)25(2)43/h5-14,17-20,24,36-37,39,42H,15-16,21-23H2,1-4H3,(H,40,44). The Morgan fingerprint density at radius 2 is 1.58 bits per heavy atom. The van der Waals surface area contributed by atoms with Crippen LogP contribution in [0.25, 0.3) is 0 Å². The number of aliphatic hydroxyl groups excluding tert-OH is 1. The minimum atomic E-state index is -0.719. The molecule has 9 heteroatoms. The van der Waals surface area contributed by atoms with Crippen LogP contribution in [0, 0.1) is 5.92 Å². The van der Waals surface area contributed by atoms with Crippen LogP contribution in [0.5, 0.6) is 11.5 Å². The summed E-state index contributed by atoms with van der Waals surface area (Å²) in [5, 5.41) is 12.5. The molecular formula is C39H42N2O7. The molecule has 4 atom stereocenters. The van der Waals surface area contributed by atoms with Crippen LogP contribution in [0.1, 0.15) is 74.8 Å². The highest BCUT2D eigenvalue weighted by Crippen LogP contribution is 2.42. The van der Waals surface area contributed by atoms with E-state index in [1.807, 2.05) is 36.4 Å². The Morgan fingerprint density at radius 1 is 0.875 bits per heavy atom. The van der Waals surface area contributed by atoms with Gasteiger partial charge in [0.1, 0.15) is 0 Å². The van der Waals surface area contributed by atoms with Crippen molar-refractivity contribution in [1.29, 1.82) is 0 Å². The first-order valence-corrected chi connectivity index (χ1v) is 16.2. The normalized spacial score (nSPS) is 20.9. The lowest BCUT2D eigenvalue weighted by Crippen LogP contribution is -2.45. The third-order valence-corrected chi connectivity index (χ3v) is 9.31. The fourth-order valence-electron chi connectivity index (χ4n) is 6.53. The molecule has 250 valence electrons. The van der Waals surface area contributed by atoms with E-state index in [4.69, 9.17) is 18.9 Å². The number of hydrogen-bond donors (Lipinski definition) is 2. The van der Waals surface area contributed by atoms with Gasteiger partial charge < -0.3 is 29.4 Å². The minimum Gasteiger partial charge on any atom is -0.493 e. The minimum absolute atomic E-state index is 0.00746. The van der Waals surface area contributed by atoms with Gasteiger partial charge in [0.25, 0.3) is 5.91 Å². The Bertz CT molecular complexity index is 1770. The molecule has 0 spiro atoms. The molecule has 9 nitrogen and oxygen atoms in total. The molecule has 1 fully saturated rings. The predicted octanol–water partition coefficient (Wildman–Crippen LogP) is 6.50. The van der Waals surface area contributed by atoms with Gasteiger partial charge in [-0.2, -0.15) is 0 Å². The molecule has 0 radical (unpaired) electrons. The summed E-state index contributed by atoms with van der Waals surface area (Å²) in [4.78, 5) is 27.6. The SMILES string of the molecule is COc1cc2c(cc1OC)CN(CC1OC(c3cccc(C(=O)Nc4cccc(C(C)=O)c4)c3)OC(c3ccc(CO)cc3)C1C)CC2. The van der Waals surface area contributed by atoms with Gasteiger partial charge >= 0.3 is 0 Å². The second-order valence-electron chi connectivity index (χ2n) is 12.5. The molecule has 4 unspecified atom stereocenters. The van der Waals surface area contributed by atoms with Crippen molar-refractivity contribution in [1.82, 2.24) is 4.90 Å². The molecule has 2 aliphatic heterocycles. The summed E-state index contributed by atoms with van der Waals surface area (Å²) in [5.74, 6) is 1.10. The van der Waals surface area contributed by atoms with Gasteiger partial charge in [-0.05, 0) is 72.0 Å². The zero-order valence-corrected chi connectivity index (χ0v) is 27.8. The van der Waals surface area contributed by atoms with E-state index in [9.17, 15) is 14.7 Å². The Morgan fingerprint density at radius 3 is 2.29 bits per heavy atom. The topological polar surface area (TPSA) is 107 Å². The van der Waals surface area contributed by atoms with E-state index < -0.39 is 6.29 Å². The molecule has 48 heavy (non-hydrogen) atoms. The number of fused-ring (bicyclic) bond motifs is 1. The van der Waals surface area contributed by atoms with Gasteiger partial charge in [-0.15, -0.1) is 0 Å². The smallest absolute Gasteiger partial charge is 0.255 e. The van der Waals surface area contributed by atoms with E-state index in [1.54, 1.807) is 50.6 Å². The molecule has 2 N–H and O–H groups in total. The van der Waals surface area contributed by atoms with Gasteiger partial charge in [-0.3, -0.25) is 14.5 Å². The third-order valence-electron chi connectivity index (χ3n) is 9.31. The lowest BCUT2D eigenvalue weighted by Gasteiger charge is -2.43. The van der Waals surface area contributed by atoms with Crippen molar-refractivity contribution in [3.63, 3.8) is 0 Å². The average molecular weight is 651 g/mol. The van der Waals surface area contributed by atoms with Crippen LogP contribution in [0.2, 0.25) is 0 Å². The lowest BCUT2D eigenvalue weighted by molar-refractivity contribution is -0.276. The zero-order chi connectivity index (χ0) is 33.8. The number of nitrogens with zero attached hydrogens (tertiary/aromatic N) is 1. The van der Waals surface area contributed by atoms with Crippen molar-refractivity contribution >= 4 is 17.4 Å². The van der Waals surface area contributed by atoms with Crippen LogP contribution in [-0.4, -0.2) is 55.1 Å². The summed E-state index contributed by atoms with van der Waals surface area (Å²) >= 11 is 0. The maximum Gasteiger partial charge on any atom is 0.255 e. The largest absolute Gasteiger partial charge is 0.493 e. The molecule has 1 saturated heterocycles. The highest BCUT2D eigenvalue weighted by molar-refractivity contribution is 6.05. The van der Waals surface area contributed by atoms with Gasteiger partial charge in [0, 0.05) is 47.9 Å². The maximum absolute atomic E-state index is 13.3. The number of ketones is 1. The van der Waals surface area contributed by atoms with Crippen molar-refractivity contribution < 1.29 is 33.6 Å². The summed E-state index contributed by atoms with van der Waals surface area (Å²) in [6, 6.07) is 26.1. The number of nitrogens with one attached hydrogen (secondary N) is 1. The summed E-state index contributed by atoms with van der Waals surface area (Å²) in [6.45, 7) is 5.93. The van der Waals surface area contributed by atoms with E-state index in [-0.39, 0.29) is 36.4 Å². The number of hydrogen-bond acceptors (Lipinski definition) is 8. The highest BCUT2D eigenvalue weighted by Gasteiger charge is 2.39. The van der Waals surface area contributed by atoms with Gasteiger partial charge in [-0.1, -0.05) is 55.5 Å². The summed E-state index contributed by atoms with van der Waals surface area (Å²) in [6.07, 6.45) is -0.298. The van der Waals surface area contributed by atoms with Crippen LogP contribution in [0.3, 0.4) is 0 Å². The van der Waals surface area contributed by atoms with Crippen LogP contribution in [0.15, 0.2) is 84.9 Å². The second kappa shape index (κ2) is 14.7. The molecule has 0 saturated carbocycles. The van der Waals surface area contributed by atoms with Crippen molar-refractivity contribution in [2.45, 2.75) is 51.9 Å². The molecule has 0 bridgehead atoms. The molecule has 4 aromatic rings. The molecule has 0 aromatic heterocycles. The molecule has 0 aliphatic carbocycles. The van der Waals surface area contributed by atoms with Gasteiger partial charge in [0.2, 0.25) is 0 Å². The van der Waals surface area contributed by atoms with E-state index >= 15 is 0 Å². The number of Topliss-reactive ketones (excluding diaryl/α,β-unsaturated/α-hetero) is 1. The monoisotopic (exact) mass is 650 g/mol. The zero-order valence-electron chi connectivity index (χ0n) is 27.8. The van der Waals surface area contributed by atoms with Crippen molar-refractivity contribution in [2.75, 3.05) is 32.6 Å².